The van der Waals surface area contributed by atoms with Crippen LogP contribution in [-0.2, 0) is 16.1 Å². The highest BCUT2D eigenvalue weighted by atomic mass is 35.5. The zero-order chi connectivity index (χ0) is 23.4. The third kappa shape index (κ3) is 5.14. The van der Waals surface area contributed by atoms with Crippen LogP contribution >= 0.6 is 11.6 Å². The number of ether oxygens (including phenoxy) is 1. The van der Waals surface area contributed by atoms with Crippen molar-refractivity contribution in [2.45, 2.75) is 44.3 Å². The van der Waals surface area contributed by atoms with Gasteiger partial charge in [-0.05, 0) is 67.6 Å². The lowest BCUT2D eigenvalue weighted by molar-refractivity contribution is -0.141. The van der Waals surface area contributed by atoms with E-state index >= 15 is 0 Å². The molecule has 2 heterocycles. The zero-order valence-corrected chi connectivity index (χ0v) is 19.4. The average Bonchev–Trinajstić information content (AvgIpc) is 3.52. The summed E-state index contributed by atoms with van der Waals surface area (Å²) in [6.45, 7) is 1.41. The molecule has 2 atom stereocenters. The van der Waals surface area contributed by atoms with Gasteiger partial charge >= 0.3 is 0 Å². The third-order valence-electron chi connectivity index (χ3n) is 6.33. The van der Waals surface area contributed by atoms with Gasteiger partial charge in [0.2, 0.25) is 11.8 Å². The Morgan fingerprint density at radius 3 is 2.42 bits per heavy atom. The maximum absolute atomic E-state index is 13.4. The molecule has 0 bridgehead atoms. The van der Waals surface area contributed by atoms with Crippen LogP contribution in [0.25, 0.3) is 0 Å². The minimum atomic E-state index is -0.542. The van der Waals surface area contributed by atoms with Crippen LogP contribution in [0.15, 0.2) is 48.5 Å². The summed E-state index contributed by atoms with van der Waals surface area (Å²) >= 11 is 5.94. The highest BCUT2D eigenvalue weighted by Gasteiger charge is 2.42. The van der Waals surface area contributed by atoms with Crippen molar-refractivity contribution in [3.05, 3.63) is 64.7 Å². The molecule has 0 saturated carbocycles. The molecule has 2 aromatic rings. The van der Waals surface area contributed by atoms with Crippen molar-refractivity contribution in [3.63, 3.8) is 0 Å². The van der Waals surface area contributed by atoms with Crippen LogP contribution in [0.3, 0.4) is 0 Å². The van der Waals surface area contributed by atoms with Crippen molar-refractivity contribution in [1.29, 1.82) is 0 Å². The van der Waals surface area contributed by atoms with Crippen LogP contribution in [-0.4, -0.2) is 59.8 Å². The van der Waals surface area contributed by atoms with Gasteiger partial charge in [0.1, 0.15) is 17.8 Å². The van der Waals surface area contributed by atoms with E-state index in [0.29, 0.717) is 43.1 Å². The number of nitrogens with one attached hydrogen (secondary N) is 1. The number of methoxy groups -OCH3 is 1. The normalized spacial score (nSPS) is 20.1. The van der Waals surface area contributed by atoms with Crippen LogP contribution in [0.4, 0.5) is 0 Å². The van der Waals surface area contributed by atoms with E-state index in [4.69, 9.17) is 16.3 Å². The first-order valence-corrected chi connectivity index (χ1v) is 11.6. The molecule has 1 N–H and O–H groups in total. The van der Waals surface area contributed by atoms with Crippen molar-refractivity contribution < 1.29 is 19.1 Å². The summed E-state index contributed by atoms with van der Waals surface area (Å²) in [6.07, 6.45) is 2.75. The van der Waals surface area contributed by atoms with Gasteiger partial charge in [-0.15, -0.1) is 0 Å². The number of hydrogen-bond acceptors (Lipinski definition) is 4. The van der Waals surface area contributed by atoms with Gasteiger partial charge in [-0.3, -0.25) is 14.4 Å². The number of amides is 3. The molecule has 174 valence electrons. The minimum absolute atomic E-state index is 0.145. The Bertz CT molecular complexity index is 1030. The highest BCUT2D eigenvalue weighted by molar-refractivity contribution is 6.30. The van der Waals surface area contributed by atoms with Crippen LogP contribution in [0, 0.1) is 0 Å². The molecule has 2 saturated heterocycles. The zero-order valence-electron chi connectivity index (χ0n) is 18.6. The highest BCUT2D eigenvalue weighted by Crippen LogP contribution is 2.27. The maximum Gasteiger partial charge on any atom is 0.254 e. The quantitative estimate of drug-likeness (QED) is 0.704. The van der Waals surface area contributed by atoms with E-state index in [9.17, 15) is 14.4 Å². The second kappa shape index (κ2) is 10.3. The lowest BCUT2D eigenvalue weighted by atomic mass is 10.1. The number of carbonyl (C=O) groups is 3. The topological polar surface area (TPSA) is 79.0 Å². The molecule has 3 amide bonds. The van der Waals surface area contributed by atoms with Gasteiger partial charge in [0, 0.05) is 30.2 Å². The van der Waals surface area contributed by atoms with Crippen molar-refractivity contribution in [3.8, 4) is 5.75 Å². The molecule has 0 unspecified atom stereocenters. The van der Waals surface area contributed by atoms with Crippen molar-refractivity contribution >= 4 is 29.3 Å². The van der Waals surface area contributed by atoms with Gasteiger partial charge in [-0.25, -0.2) is 0 Å². The molecule has 7 nitrogen and oxygen atoms in total. The number of rotatable bonds is 6. The summed E-state index contributed by atoms with van der Waals surface area (Å²) in [5.41, 5.74) is 1.43. The number of likely N-dealkylation sites (tertiary alicyclic amines) is 2. The second-order valence-corrected chi connectivity index (χ2v) is 8.86. The average molecular weight is 470 g/mol. The Balaban J connectivity index is 1.41. The molecule has 0 spiro atoms. The van der Waals surface area contributed by atoms with Gasteiger partial charge < -0.3 is 19.9 Å². The van der Waals surface area contributed by atoms with E-state index in [1.165, 1.54) is 0 Å². The van der Waals surface area contributed by atoms with E-state index < -0.39 is 12.1 Å². The second-order valence-electron chi connectivity index (χ2n) is 8.42. The van der Waals surface area contributed by atoms with E-state index in [-0.39, 0.29) is 17.7 Å². The third-order valence-corrected chi connectivity index (χ3v) is 6.58. The molecule has 2 aromatic carbocycles. The number of carbonyl (C=O) groups excluding carboxylic acids is 3. The van der Waals surface area contributed by atoms with Crippen LogP contribution < -0.4 is 10.1 Å². The molecular formula is C25H28ClN3O4. The fourth-order valence-corrected chi connectivity index (χ4v) is 4.73. The number of benzene rings is 2. The Kier molecular flexibility index (Phi) is 7.18. The first kappa shape index (κ1) is 23.1. The summed E-state index contributed by atoms with van der Waals surface area (Å²) in [7, 11) is 1.60. The van der Waals surface area contributed by atoms with E-state index in [1.807, 2.05) is 24.3 Å². The molecule has 2 fully saturated rings. The Labute approximate surface area is 198 Å². The fourth-order valence-electron chi connectivity index (χ4n) is 4.61. The van der Waals surface area contributed by atoms with Crippen molar-refractivity contribution in [1.82, 2.24) is 15.1 Å². The minimum Gasteiger partial charge on any atom is -0.497 e. The Morgan fingerprint density at radius 2 is 1.70 bits per heavy atom. The predicted octanol–water partition coefficient (Wildman–Crippen LogP) is 3.26. The van der Waals surface area contributed by atoms with Gasteiger partial charge in [-0.1, -0.05) is 23.7 Å². The number of nitrogens with zero attached hydrogens (tertiary/aromatic N) is 2. The monoisotopic (exact) mass is 469 g/mol. The van der Waals surface area contributed by atoms with Gasteiger partial charge in [-0.2, -0.15) is 0 Å². The molecular weight excluding hydrogens is 442 g/mol. The van der Waals surface area contributed by atoms with Gasteiger partial charge in [0.05, 0.1) is 7.11 Å². The Morgan fingerprint density at radius 1 is 1.00 bits per heavy atom. The fraction of sp³-hybridized carbons (Fsp3) is 0.400. The summed E-state index contributed by atoms with van der Waals surface area (Å²) in [5.74, 6) is 0.234. The maximum atomic E-state index is 13.4. The molecule has 33 heavy (non-hydrogen) atoms. The van der Waals surface area contributed by atoms with Crippen LogP contribution in [0.2, 0.25) is 5.02 Å². The number of halogens is 1. The lowest BCUT2D eigenvalue weighted by Crippen LogP contribution is -2.52. The standard InChI is InChI=1S/C25H28ClN3O4/c1-33-20-6-2-5-17(15-20)16-27-23(30)21-7-3-13-28(21)25(32)22-8-4-14-29(22)24(31)18-9-11-19(26)12-10-18/h2,5-6,9-12,15,21-22H,3-4,7-8,13-14,16H2,1H3,(H,27,30)/t21-,22-/m1/s1. The summed E-state index contributed by atoms with van der Waals surface area (Å²) < 4.78 is 5.23. The molecule has 2 aliphatic rings. The van der Waals surface area contributed by atoms with Crippen LogP contribution in [0.1, 0.15) is 41.6 Å². The van der Waals surface area contributed by atoms with E-state index in [1.54, 1.807) is 41.2 Å². The molecule has 4 rings (SSSR count). The molecule has 0 aliphatic carbocycles. The van der Waals surface area contributed by atoms with Gasteiger partial charge in [0.25, 0.3) is 5.91 Å². The largest absolute Gasteiger partial charge is 0.497 e. The lowest BCUT2D eigenvalue weighted by Gasteiger charge is -2.31. The molecule has 0 aromatic heterocycles. The van der Waals surface area contributed by atoms with E-state index in [2.05, 4.69) is 5.32 Å². The predicted molar refractivity (Wildman–Crippen MR) is 125 cm³/mol. The van der Waals surface area contributed by atoms with Crippen molar-refractivity contribution in [2.24, 2.45) is 0 Å². The first-order chi connectivity index (χ1) is 16.0. The van der Waals surface area contributed by atoms with E-state index in [0.717, 1.165) is 24.2 Å². The summed E-state index contributed by atoms with van der Waals surface area (Å²) in [5, 5.41) is 3.51. The van der Waals surface area contributed by atoms with Crippen molar-refractivity contribution in [2.75, 3.05) is 20.2 Å². The SMILES string of the molecule is COc1cccc(CNC(=O)[C@H]2CCCN2C(=O)[C@H]2CCCN2C(=O)c2ccc(Cl)cc2)c1. The van der Waals surface area contributed by atoms with Crippen LogP contribution in [0.5, 0.6) is 5.75 Å². The summed E-state index contributed by atoms with van der Waals surface area (Å²) in [6, 6.07) is 13.1. The molecule has 8 heteroatoms. The number of hydrogen-bond donors (Lipinski definition) is 1. The Hall–Kier alpha value is -3.06. The van der Waals surface area contributed by atoms with Gasteiger partial charge in [0.15, 0.2) is 0 Å². The summed E-state index contributed by atoms with van der Waals surface area (Å²) in [4.78, 5) is 42.7. The molecule has 0 radical (unpaired) electrons. The smallest absolute Gasteiger partial charge is 0.254 e. The molecule has 2 aliphatic heterocycles. The first-order valence-electron chi connectivity index (χ1n) is 11.3.